The summed E-state index contributed by atoms with van der Waals surface area (Å²) in [5, 5.41) is 5.12. The van der Waals surface area contributed by atoms with Crippen LogP contribution in [0.1, 0.15) is 47.6 Å². The zero-order valence-corrected chi connectivity index (χ0v) is 16.3. The third kappa shape index (κ3) is 4.60. The lowest BCUT2D eigenvalue weighted by molar-refractivity contribution is -0.144. The fraction of sp³-hybridized carbons (Fsp3) is 0.381. The molecule has 0 radical (unpaired) electrons. The van der Waals surface area contributed by atoms with Crippen molar-refractivity contribution in [1.82, 2.24) is 9.88 Å². The summed E-state index contributed by atoms with van der Waals surface area (Å²) >= 11 is 0. The normalized spacial score (nSPS) is 14.2. The van der Waals surface area contributed by atoms with Gasteiger partial charge in [0, 0.05) is 28.7 Å². The predicted octanol–water partition coefficient (Wildman–Crippen LogP) is 3.38. The number of hydrogen-bond donors (Lipinski definition) is 2. The summed E-state index contributed by atoms with van der Waals surface area (Å²) in [5.74, 6) is -0.901. The Morgan fingerprint density at radius 1 is 1.18 bits per heavy atom. The Morgan fingerprint density at radius 2 is 1.86 bits per heavy atom. The number of Topliss-reactive ketones (excluding diaryl/α,β-unsaturated/α-hetero) is 1. The number of ether oxygens (including phenoxy) is 1. The molecule has 0 aliphatic heterocycles. The van der Waals surface area contributed by atoms with Gasteiger partial charge in [-0.2, -0.15) is 0 Å². The molecule has 2 N–H and O–H groups in total. The van der Waals surface area contributed by atoms with Crippen molar-refractivity contribution in [1.29, 1.82) is 0 Å². The maximum atomic E-state index is 12.5. The van der Waals surface area contributed by atoms with Crippen LogP contribution in [0, 0.1) is 13.8 Å². The molecule has 1 aromatic heterocycles. The van der Waals surface area contributed by atoms with Crippen LogP contribution in [0.25, 0.3) is 0 Å². The monoisotopic (exact) mass is 383 g/mol. The average molecular weight is 383 g/mol. The molecule has 1 aliphatic carbocycles. The second-order valence-corrected chi connectivity index (χ2v) is 7.10. The number of esters is 1. The number of nitrogens with zero attached hydrogens (tertiary/aromatic N) is 1. The molecule has 7 nitrogen and oxygen atoms in total. The van der Waals surface area contributed by atoms with Crippen LogP contribution in [-0.2, 0) is 9.53 Å². The maximum Gasteiger partial charge on any atom is 0.328 e. The lowest BCUT2D eigenvalue weighted by Gasteiger charge is -2.14. The molecule has 1 aliphatic rings. The van der Waals surface area contributed by atoms with E-state index in [9.17, 15) is 14.4 Å². The van der Waals surface area contributed by atoms with Gasteiger partial charge >= 0.3 is 12.0 Å². The first kappa shape index (κ1) is 19.7. The van der Waals surface area contributed by atoms with Gasteiger partial charge in [0.15, 0.2) is 6.61 Å². The van der Waals surface area contributed by atoms with Gasteiger partial charge in [0.2, 0.25) is 5.78 Å². The SMILES string of the molecule is Cc1cc(C(=O)COC(=O)[C@H](C)NC(=O)Nc2ccccc2)c(C)n1C1CC1. The summed E-state index contributed by atoms with van der Waals surface area (Å²) in [6.07, 6.45) is 2.26. The van der Waals surface area contributed by atoms with E-state index in [-0.39, 0.29) is 12.4 Å². The summed E-state index contributed by atoms with van der Waals surface area (Å²) in [4.78, 5) is 36.5. The quantitative estimate of drug-likeness (QED) is 0.567. The van der Waals surface area contributed by atoms with Crippen molar-refractivity contribution < 1.29 is 19.1 Å². The number of aryl methyl sites for hydroxylation is 1. The first-order chi connectivity index (χ1) is 13.4. The predicted molar refractivity (Wildman–Crippen MR) is 106 cm³/mol. The summed E-state index contributed by atoms with van der Waals surface area (Å²) in [6.45, 7) is 5.06. The molecule has 3 rings (SSSR count). The zero-order valence-electron chi connectivity index (χ0n) is 16.3. The van der Waals surface area contributed by atoms with Crippen molar-refractivity contribution in [2.24, 2.45) is 0 Å². The Hall–Kier alpha value is -3.09. The molecule has 0 bridgehead atoms. The number of aromatic nitrogens is 1. The first-order valence-corrected chi connectivity index (χ1v) is 9.37. The highest BCUT2D eigenvalue weighted by Crippen LogP contribution is 2.38. The Bertz CT molecular complexity index is 885. The molecule has 148 valence electrons. The van der Waals surface area contributed by atoms with Gasteiger partial charge in [-0.25, -0.2) is 9.59 Å². The highest BCUT2D eigenvalue weighted by Gasteiger charge is 2.28. The average Bonchev–Trinajstić information content (AvgIpc) is 3.44. The Kier molecular flexibility index (Phi) is 5.82. The van der Waals surface area contributed by atoms with Crippen molar-refractivity contribution in [3.05, 3.63) is 53.3 Å². The smallest absolute Gasteiger partial charge is 0.328 e. The fourth-order valence-electron chi connectivity index (χ4n) is 3.24. The van der Waals surface area contributed by atoms with Gasteiger partial charge < -0.3 is 19.9 Å². The van der Waals surface area contributed by atoms with Crippen LogP contribution in [0.4, 0.5) is 10.5 Å². The second kappa shape index (κ2) is 8.29. The highest BCUT2D eigenvalue weighted by molar-refractivity contribution is 5.99. The molecule has 1 saturated carbocycles. The number of anilines is 1. The number of urea groups is 1. The number of nitrogens with one attached hydrogen (secondary N) is 2. The zero-order chi connectivity index (χ0) is 20.3. The number of hydrogen-bond acceptors (Lipinski definition) is 4. The molecule has 0 unspecified atom stereocenters. The van der Waals surface area contributed by atoms with E-state index in [1.54, 1.807) is 24.3 Å². The Morgan fingerprint density at radius 3 is 2.50 bits per heavy atom. The van der Waals surface area contributed by atoms with E-state index in [4.69, 9.17) is 4.74 Å². The van der Waals surface area contributed by atoms with Gasteiger partial charge in [0.05, 0.1) is 0 Å². The number of ketones is 1. The van der Waals surface area contributed by atoms with E-state index < -0.39 is 18.0 Å². The molecule has 28 heavy (non-hydrogen) atoms. The van der Waals surface area contributed by atoms with Gasteiger partial charge in [-0.3, -0.25) is 4.79 Å². The molecule has 2 aromatic rings. The molecule has 0 saturated heterocycles. The maximum absolute atomic E-state index is 12.5. The molecule has 1 fully saturated rings. The summed E-state index contributed by atoms with van der Waals surface area (Å²) < 4.78 is 7.28. The van der Waals surface area contributed by atoms with Crippen LogP contribution >= 0.6 is 0 Å². The number of rotatable bonds is 7. The van der Waals surface area contributed by atoms with Crippen LogP contribution in [0.5, 0.6) is 0 Å². The minimum atomic E-state index is -0.879. The lowest BCUT2D eigenvalue weighted by Crippen LogP contribution is -2.42. The van der Waals surface area contributed by atoms with Crippen molar-refractivity contribution in [2.75, 3.05) is 11.9 Å². The van der Waals surface area contributed by atoms with Crippen molar-refractivity contribution >= 4 is 23.5 Å². The minimum absolute atomic E-state index is 0.241. The number of amides is 2. The largest absolute Gasteiger partial charge is 0.456 e. The van der Waals surface area contributed by atoms with Crippen molar-refractivity contribution in [3.8, 4) is 0 Å². The van der Waals surface area contributed by atoms with E-state index in [1.165, 1.54) is 6.92 Å². The number of benzene rings is 1. The first-order valence-electron chi connectivity index (χ1n) is 9.37. The summed E-state index contributed by atoms with van der Waals surface area (Å²) in [5.41, 5.74) is 3.15. The van der Waals surface area contributed by atoms with Gasteiger partial charge in [0.25, 0.3) is 0 Å². The third-order valence-electron chi connectivity index (χ3n) is 4.78. The van der Waals surface area contributed by atoms with Crippen LogP contribution in [0.3, 0.4) is 0 Å². The van der Waals surface area contributed by atoms with E-state index >= 15 is 0 Å². The fourth-order valence-corrected chi connectivity index (χ4v) is 3.24. The number of para-hydroxylation sites is 1. The van der Waals surface area contributed by atoms with Gasteiger partial charge in [-0.1, -0.05) is 18.2 Å². The summed E-state index contributed by atoms with van der Waals surface area (Å²) in [7, 11) is 0. The molecule has 1 aromatic carbocycles. The van der Waals surface area contributed by atoms with Crippen LogP contribution in [-0.4, -0.2) is 35.0 Å². The van der Waals surface area contributed by atoms with E-state index in [0.29, 0.717) is 17.3 Å². The molecule has 7 heteroatoms. The van der Waals surface area contributed by atoms with Crippen LogP contribution in [0.2, 0.25) is 0 Å². The Balaban J connectivity index is 1.50. The third-order valence-corrected chi connectivity index (χ3v) is 4.78. The van der Waals surface area contributed by atoms with E-state index in [1.807, 2.05) is 26.0 Å². The number of carbonyl (C=O) groups excluding carboxylic acids is 3. The van der Waals surface area contributed by atoms with E-state index in [0.717, 1.165) is 24.2 Å². The van der Waals surface area contributed by atoms with Crippen LogP contribution < -0.4 is 10.6 Å². The molecule has 0 spiro atoms. The highest BCUT2D eigenvalue weighted by atomic mass is 16.5. The van der Waals surface area contributed by atoms with E-state index in [2.05, 4.69) is 15.2 Å². The van der Waals surface area contributed by atoms with Gasteiger partial charge in [-0.05, 0) is 51.8 Å². The standard InChI is InChI=1S/C21H25N3O4/c1-13-11-18(15(3)24(13)17-9-10-17)19(25)12-28-20(26)14(2)22-21(27)23-16-7-5-4-6-8-16/h4-8,11,14,17H,9-10,12H2,1-3H3,(H2,22,23,27)/t14-/m0/s1. The number of carbonyl (C=O) groups is 3. The molecule has 2 amide bonds. The molecule has 1 atom stereocenters. The second-order valence-electron chi connectivity index (χ2n) is 7.10. The Labute approximate surface area is 164 Å². The molecular weight excluding hydrogens is 358 g/mol. The lowest BCUT2D eigenvalue weighted by atomic mass is 10.1. The topological polar surface area (TPSA) is 89.4 Å². The molecular formula is C21H25N3O4. The minimum Gasteiger partial charge on any atom is -0.456 e. The molecule has 1 heterocycles. The van der Waals surface area contributed by atoms with Crippen LogP contribution in [0.15, 0.2) is 36.4 Å². The van der Waals surface area contributed by atoms with Gasteiger partial charge in [-0.15, -0.1) is 0 Å². The van der Waals surface area contributed by atoms with Gasteiger partial charge in [0.1, 0.15) is 6.04 Å². The summed E-state index contributed by atoms with van der Waals surface area (Å²) in [6, 6.07) is 9.82. The van der Waals surface area contributed by atoms with Crippen molar-refractivity contribution in [3.63, 3.8) is 0 Å². The van der Waals surface area contributed by atoms with Crippen molar-refractivity contribution in [2.45, 2.75) is 45.7 Å².